The highest BCUT2D eigenvalue weighted by Crippen LogP contribution is 2.35. The molecule has 8 nitrogen and oxygen atoms in total. The van der Waals surface area contributed by atoms with Gasteiger partial charge in [0.2, 0.25) is 5.95 Å². The SMILES string of the molecule is COc1cc(/C=N/Nc2nnc(C(C)(C)C)c(=O)[nH]2)cc(Br)c1OC. The Balaban J connectivity index is 2.18. The average molecular weight is 410 g/mol. The number of benzene rings is 1. The van der Waals surface area contributed by atoms with Crippen LogP contribution in [0.25, 0.3) is 0 Å². The van der Waals surface area contributed by atoms with Crippen LogP contribution in [0, 0.1) is 0 Å². The van der Waals surface area contributed by atoms with Crippen molar-refractivity contribution < 1.29 is 9.47 Å². The molecule has 25 heavy (non-hydrogen) atoms. The van der Waals surface area contributed by atoms with Crippen molar-refractivity contribution in [3.8, 4) is 11.5 Å². The van der Waals surface area contributed by atoms with Gasteiger partial charge in [-0.1, -0.05) is 20.8 Å². The van der Waals surface area contributed by atoms with Gasteiger partial charge in [-0.2, -0.15) is 5.10 Å². The van der Waals surface area contributed by atoms with Crippen molar-refractivity contribution >= 4 is 28.1 Å². The maximum absolute atomic E-state index is 12.0. The Morgan fingerprint density at radius 3 is 2.52 bits per heavy atom. The van der Waals surface area contributed by atoms with Gasteiger partial charge >= 0.3 is 0 Å². The largest absolute Gasteiger partial charge is 0.493 e. The minimum Gasteiger partial charge on any atom is -0.493 e. The van der Waals surface area contributed by atoms with E-state index in [2.05, 4.69) is 41.6 Å². The fraction of sp³-hybridized carbons (Fsp3) is 0.375. The molecule has 0 unspecified atom stereocenters. The van der Waals surface area contributed by atoms with E-state index < -0.39 is 0 Å². The lowest BCUT2D eigenvalue weighted by Gasteiger charge is -2.15. The van der Waals surface area contributed by atoms with Gasteiger partial charge in [-0.15, -0.1) is 10.2 Å². The molecule has 134 valence electrons. The lowest BCUT2D eigenvalue weighted by Crippen LogP contribution is -2.28. The number of methoxy groups -OCH3 is 2. The maximum atomic E-state index is 12.0. The molecule has 0 amide bonds. The standard InChI is InChI=1S/C16H20BrN5O3/c1-16(2,3)13-14(23)19-15(22-20-13)21-18-8-9-6-10(17)12(25-5)11(7-9)24-4/h6-8H,1-5H3,(H2,19,21,22,23)/b18-8+. The van der Waals surface area contributed by atoms with Crippen molar-refractivity contribution in [1.82, 2.24) is 15.2 Å². The first-order valence-electron chi connectivity index (χ1n) is 7.44. The van der Waals surface area contributed by atoms with Crippen molar-refractivity contribution in [2.45, 2.75) is 26.2 Å². The monoisotopic (exact) mass is 409 g/mol. The number of hydrazone groups is 1. The summed E-state index contributed by atoms with van der Waals surface area (Å²) in [5.74, 6) is 1.33. The van der Waals surface area contributed by atoms with Gasteiger partial charge in [-0.3, -0.25) is 9.78 Å². The topological polar surface area (TPSA) is 101 Å². The van der Waals surface area contributed by atoms with E-state index in [1.165, 1.54) is 0 Å². The lowest BCUT2D eigenvalue weighted by atomic mass is 9.93. The van der Waals surface area contributed by atoms with E-state index in [1.807, 2.05) is 26.8 Å². The summed E-state index contributed by atoms with van der Waals surface area (Å²) in [5.41, 5.74) is 3.10. The Labute approximate surface area is 153 Å². The number of anilines is 1. The van der Waals surface area contributed by atoms with Crippen molar-refractivity contribution in [3.05, 3.63) is 38.2 Å². The van der Waals surface area contributed by atoms with E-state index in [-0.39, 0.29) is 16.9 Å². The Morgan fingerprint density at radius 2 is 1.96 bits per heavy atom. The molecule has 0 saturated carbocycles. The van der Waals surface area contributed by atoms with E-state index in [0.717, 1.165) is 10.0 Å². The molecule has 0 bridgehead atoms. The number of nitrogens with one attached hydrogen (secondary N) is 2. The fourth-order valence-corrected chi connectivity index (χ4v) is 2.68. The summed E-state index contributed by atoms with van der Waals surface area (Å²) >= 11 is 3.41. The zero-order valence-corrected chi connectivity index (χ0v) is 16.3. The zero-order chi connectivity index (χ0) is 18.6. The van der Waals surface area contributed by atoms with Crippen LogP contribution in [0.3, 0.4) is 0 Å². The molecule has 1 aromatic carbocycles. The fourth-order valence-electron chi connectivity index (χ4n) is 2.06. The second-order valence-electron chi connectivity index (χ2n) is 6.21. The van der Waals surface area contributed by atoms with Gasteiger partial charge in [0.25, 0.3) is 5.56 Å². The van der Waals surface area contributed by atoms with Gasteiger partial charge < -0.3 is 9.47 Å². The summed E-state index contributed by atoms with van der Waals surface area (Å²) in [6.07, 6.45) is 1.56. The highest BCUT2D eigenvalue weighted by molar-refractivity contribution is 9.10. The van der Waals surface area contributed by atoms with Gasteiger partial charge in [0, 0.05) is 5.41 Å². The number of nitrogens with zero attached hydrogens (tertiary/aromatic N) is 3. The summed E-state index contributed by atoms with van der Waals surface area (Å²) < 4.78 is 11.3. The number of aromatic nitrogens is 3. The van der Waals surface area contributed by atoms with Gasteiger partial charge in [0.15, 0.2) is 11.5 Å². The van der Waals surface area contributed by atoms with Gasteiger partial charge in [-0.25, -0.2) is 5.43 Å². The molecule has 1 heterocycles. The quantitative estimate of drug-likeness (QED) is 0.581. The predicted octanol–water partition coefficient (Wildman–Crippen LogP) is 2.69. The smallest absolute Gasteiger partial charge is 0.274 e. The highest BCUT2D eigenvalue weighted by atomic mass is 79.9. The summed E-state index contributed by atoms with van der Waals surface area (Å²) in [6.45, 7) is 5.69. The highest BCUT2D eigenvalue weighted by Gasteiger charge is 2.20. The van der Waals surface area contributed by atoms with Crippen LogP contribution in [0.4, 0.5) is 5.95 Å². The summed E-state index contributed by atoms with van der Waals surface area (Å²) in [5, 5.41) is 11.9. The third-order valence-electron chi connectivity index (χ3n) is 3.25. The molecule has 0 radical (unpaired) electrons. The molecular weight excluding hydrogens is 390 g/mol. The summed E-state index contributed by atoms with van der Waals surface area (Å²) in [7, 11) is 3.12. The molecule has 0 saturated heterocycles. The van der Waals surface area contributed by atoms with Crippen molar-refractivity contribution in [2.75, 3.05) is 19.6 Å². The molecule has 0 spiro atoms. The summed E-state index contributed by atoms with van der Waals surface area (Å²) in [6, 6.07) is 3.59. The van der Waals surface area contributed by atoms with Crippen LogP contribution in [-0.4, -0.2) is 35.6 Å². The molecular formula is C16H20BrN5O3. The van der Waals surface area contributed by atoms with Crippen molar-refractivity contribution in [1.29, 1.82) is 0 Å². The maximum Gasteiger partial charge on any atom is 0.274 e. The van der Waals surface area contributed by atoms with Crippen LogP contribution in [0.2, 0.25) is 0 Å². The van der Waals surface area contributed by atoms with Gasteiger partial charge in [0.05, 0.1) is 24.9 Å². The van der Waals surface area contributed by atoms with Crippen LogP contribution in [0.1, 0.15) is 32.0 Å². The molecule has 0 aliphatic carbocycles. The Hall–Kier alpha value is -2.42. The molecule has 2 aromatic rings. The van der Waals surface area contributed by atoms with Gasteiger partial charge in [0.1, 0.15) is 5.69 Å². The van der Waals surface area contributed by atoms with E-state index in [0.29, 0.717) is 17.2 Å². The lowest BCUT2D eigenvalue weighted by molar-refractivity contribution is 0.353. The second kappa shape index (κ2) is 7.64. The van der Waals surface area contributed by atoms with Crippen LogP contribution in [-0.2, 0) is 5.41 Å². The third-order valence-corrected chi connectivity index (χ3v) is 3.84. The van der Waals surface area contributed by atoms with Crippen molar-refractivity contribution in [2.24, 2.45) is 5.10 Å². The zero-order valence-electron chi connectivity index (χ0n) is 14.7. The molecule has 0 fully saturated rings. The molecule has 0 aliphatic rings. The number of rotatable bonds is 5. The van der Waals surface area contributed by atoms with Crippen LogP contribution in [0.15, 0.2) is 26.5 Å². The van der Waals surface area contributed by atoms with E-state index in [1.54, 1.807) is 26.5 Å². The first-order chi connectivity index (χ1) is 11.8. The van der Waals surface area contributed by atoms with Crippen LogP contribution >= 0.6 is 15.9 Å². The second-order valence-corrected chi connectivity index (χ2v) is 7.06. The molecule has 2 N–H and O–H groups in total. The van der Waals surface area contributed by atoms with E-state index in [4.69, 9.17) is 9.47 Å². The number of halogens is 1. The number of hydrogen-bond donors (Lipinski definition) is 2. The van der Waals surface area contributed by atoms with E-state index in [9.17, 15) is 4.79 Å². The Kier molecular flexibility index (Phi) is 5.78. The number of hydrogen-bond acceptors (Lipinski definition) is 7. The number of H-pyrrole nitrogens is 1. The molecule has 1 aromatic heterocycles. The van der Waals surface area contributed by atoms with Gasteiger partial charge in [-0.05, 0) is 33.6 Å². The van der Waals surface area contributed by atoms with E-state index >= 15 is 0 Å². The molecule has 0 aliphatic heterocycles. The summed E-state index contributed by atoms with van der Waals surface area (Å²) in [4.78, 5) is 14.6. The minimum atomic E-state index is -0.381. The minimum absolute atomic E-state index is 0.161. The Morgan fingerprint density at radius 1 is 1.24 bits per heavy atom. The molecule has 9 heteroatoms. The average Bonchev–Trinajstić information content (AvgIpc) is 2.53. The first kappa shape index (κ1) is 18.9. The number of ether oxygens (including phenoxy) is 2. The molecule has 2 rings (SSSR count). The molecule has 0 atom stereocenters. The van der Waals surface area contributed by atoms with Crippen LogP contribution in [0.5, 0.6) is 11.5 Å². The van der Waals surface area contributed by atoms with Crippen molar-refractivity contribution in [3.63, 3.8) is 0 Å². The first-order valence-corrected chi connectivity index (χ1v) is 8.23. The number of aromatic amines is 1. The Bertz CT molecular complexity index is 843. The third kappa shape index (κ3) is 4.56. The van der Waals surface area contributed by atoms with Crippen LogP contribution < -0.4 is 20.5 Å². The predicted molar refractivity (Wildman–Crippen MR) is 99.8 cm³/mol. The normalized spacial score (nSPS) is 11.6.